The van der Waals surface area contributed by atoms with E-state index in [1.165, 1.54) is 12.3 Å². The molecule has 8 heteroatoms. The van der Waals surface area contributed by atoms with Crippen LogP contribution in [0.15, 0.2) is 23.4 Å². The van der Waals surface area contributed by atoms with Crippen LogP contribution in [0.1, 0.15) is 13.3 Å². The molecule has 0 unspecified atom stereocenters. The summed E-state index contributed by atoms with van der Waals surface area (Å²) in [5.41, 5.74) is 0. The van der Waals surface area contributed by atoms with Crippen LogP contribution in [-0.4, -0.2) is 41.9 Å². The molecule has 0 aliphatic heterocycles. The number of nitrogens with zero attached hydrogens (tertiary/aromatic N) is 2. The minimum atomic E-state index is -4.09. The van der Waals surface area contributed by atoms with Crippen molar-refractivity contribution in [1.29, 1.82) is 0 Å². The zero-order valence-electron chi connectivity index (χ0n) is 9.71. The molecule has 0 aromatic carbocycles. The standard InChI is InChI=1S/C10H13FN2O4S/c1-2-13(7-5-9(14)15)18(16,17)10-8(11)4-3-6-12-10/h3-4,6H,2,5,7H2,1H3,(H,14,15). The molecule has 1 aromatic heterocycles. The molecule has 1 rings (SSSR count). The van der Waals surface area contributed by atoms with Gasteiger partial charge in [-0.25, -0.2) is 17.8 Å². The van der Waals surface area contributed by atoms with Crippen molar-refractivity contribution in [3.8, 4) is 0 Å². The van der Waals surface area contributed by atoms with Crippen molar-refractivity contribution in [3.05, 3.63) is 24.1 Å². The van der Waals surface area contributed by atoms with Gasteiger partial charge < -0.3 is 5.11 Å². The molecule has 0 atom stereocenters. The number of hydrogen-bond acceptors (Lipinski definition) is 4. The Morgan fingerprint density at radius 2 is 2.22 bits per heavy atom. The number of rotatable bonds is 6. The van der Waals surface area contributed by atoms with Crippen LogP contribution in [0.3, 0.4) is 0 Å². The van der Waals surface area contributed by atoms with Crippen molar-refractivity contribution in [2.24, 2.45) is 0 Å². The predicted molar refractivity (Wildman–Crippen MR) is 60.9 cm³/mol. The summed E-state index contributed by atoms with van der Waals surface area (Å²) >= 11 is 0. The Labute approximate surface area is 104 Å². The molecule has 6 nitrogen and oxygen atoms in total. The highest BCUT2D eigenvalue weighted by atomic mass is 32.2. The second-order valence-electron chi connectivity index (χ2n) is 3.43. The van der Waals surface area contributed by atoms with E-state index in [0.717, 1.165) is 10.4 Å². The van der Waals surface area contributed by atoms with Gasteiger partial charge in [-0.3, -0.25) is 4.79 Å². The highest BCUT2D eigenvalue weighted by Crippen LogP contribution is 2.16. The third kappa shape index (κ3) is 3.23. The van der Waals surface area contributed by atoms with E-state index in [0.29, 0.717) is 0 Å². The van der Waals surface area contributed by atoms with E-state index in [9.17, 15) is 17.6 Å². The minimum absolute atomic E-state index is 0.0472. The fraction of sp³-hybridized carbons (Fsp3) is 0.400. The first-order valence-corrected chi connectivity index (χ1v) is 6.66. The molecule has 0 radical (unpaired) electrons. The third-order valence-corrected chi connectivity index (χ3v) is 4.15. The Kier molecular flexibility index (Phi) is 4.74. The van der Waals surface area contributed by atoms with Gasteiger partial charge in [0.1, 0.15) is 0 Å². The van der Waals surface area contributed by atoms with Gasteiger partial charge in [0.15, 0.2) is 5.82 Å². The topological polar surface area (TPSA) is 87.6 Å². The van der Waals surface area contributed by atoms with E-state index in [1.807, 2.05) is 0 Å². The van der Waals surface area contributed by atoms with Gasteiger partial charge in [0.25, 0.3) is 10.0 Å². The Morgan fingerprint density at radius 3 is 2.72 bits per heavy atom. The van der Waals surface area contributed by atoms with Crippen LogP contribution >= 0.6 is 0 Å². The smallest absolute Gasteiger partial charge is 0.304 e. The quantitative estimate of drug-likeness (QED) is 0.826. The Bertz CT molecular complexity index is 532. The second kappa shape index (κ2) is 5.87. The summed E-state index contributed by atoms with van der Waals surface area (Å²) < 4.78 is 38.3. The van der Waals surface area contributed by atoms with Gasteiger partial charge in [0.2, 0.25) is 5.03 Å². The van der Waals surface area contributed by atoms with E-state index in [-0.39, 0.29) is 19.5 Å². The van der Waals surface area contributed by atoms with Gasteiger partial charge in [0, 0.05) is 19.3 Å². The SMILES string of the molecule is CCN(CCC(=O)O)S(=O)(=O)c1ncccc1F. The lowest BCUT2D eigenvalue weighted by Crippen LogP contribution is -2.34. The largest absolute Gasteiger partial charge is 0.481 e. The van der Waals surface area contributed by atoms with E-state index in [4.69, 9.17) is 5.11 Å². The lowest BCUT2D eigenvalue weighted by molar-refractivity contribution is -0.137. The van der Waals surface area contributed by atoms with Crippen LogP contribution in [0.2, 0.25) is 0 Å². The molecule has 18 heavy (non-hydrogen) atoms. The van der Waals surface area contributed by atoms with Gasteiger partial charge in [-0.2, -0.15) is 4.31 Å². The average molecular weight is 276 g/mol. The molecular weight excluding hydrogens is 263 g/mol. The number of carboxylic acid groups (broad SMARTS) is 1. The van der Waals surface area contributed by atoms with Crippen molar-refractivity contribution in [2.75, 3.05) is 13.1 Å². The first-order chi connectivity index (χ1) is 8.39. The summed E-state index contributed by atoms with van der Waals surface area (Å²) in [4.78, 5) is 13.9. The molecule has 0 aliphatic carbocycles. The summed E-state index contributed by atoms with van der Waals surface area (Å²) in [5, 5.41) is 7.85. The predicted octanol–water partition coefficient (Wildman–Crippen LogP) is 0.706. The van der Waals surface area contributed by atoms with Crippen LogP contribution in [0.25, 0.3) is 0 Å². The van der Waals surface area contributed by atoms with Crippen LogP contribution in [0, 0.1) is 5.82 Å². The van der Waals surface area contributed by atoms with Crippen molar-refractivity contribution < 1.29 is 22.7 Å². The van der Waals surface area contributed by atoms with Crippen LogP contribution in [0.5, 0.6) is 0 Å². The fourth-order valence-electron chi connectivity index (χ4n) is 1.35. The first-order valence-electron chi connectivity index (χ1n) is 5.22. The normalized spacial score (nSPS) is 11.7. The van der Waals surface area contributed by atoms with Gasteiger partial charge >= 0.3 is 5.97 Å². The Hall–Kier alpha value is -1.54. The molecule has 0 fully saturated rings. The van der Waals surface area contributed by atoms with Crippen LogP contribution in [0.4, 0.5) is 4.39 Å². The van der Waals surface area contributed by atoms with Gasteiger partial charge in [-0.15, -0.1) is 0 Å². The Balaban J connectivity index is 3.04. The maximum Gasteiger partial charge on any atom is 0.304 e. The molecule has 0 saturated heterocycles. The molecule has 0 aliphatic rings. The minimum Gasteiger partial charge on any atom is -0.481 e. The first kappa shape index (κ1) is 14.5. The maximum atomic E-state index is 13.4. The average Bonchev–Trinajstić information content (AvgIpc) is 2.29. The van der Waals surface area contributed by atoms with E-state index in [2.05, 4.69) is 4.98 Å². The lowest BCUT2D eigenvalue weighted by Gasteiger charge is -2.18. The van der Waals surface area contributed by atoms with Crippen LogP contribution in [-0.2, 0) is 14.8 Å². The molecule has 0 amide bonds. The highest BCUT2D eigenvalue weighted by Gasteiger charge is 2.27. The summed E-state index contributed by atoms with van der Waals surface area (Å²) in [6, 6.07) is 2.27. The lowest BCUT2D eigenvalue weighted by atomic mass is 10.4. The molecule has 0 bridgehead atoms. The highest BCUT2D eigenvalue weighted by molar-refractivity contribution is 7.89. The van der Waals surface area contributed by atoms with E-state index >= 15 is 0 Å². The summed E-state index contributed by atoms with van der Waals surface area (Å²) in [5.74, 6) is -2.07. The Morgan fingerprint density at radius 1 is 1.56 bits per heavy atom. The number of sulfonamides is 1. The van der Waals surface area contributed by atoms with Gasteiger partial charge in [-0.05, 0) is 12.1 Å². The molecule has 0 spiro atoms. The van der Waals surface area contributed by atoms with Crippen molar-refractivity contribution >= 4 is 16.0 Å². The zero-order valence-corrected chi connectivity index (χ0v) is 10.5. The zero-order chi connectivity index (χ0) is 13.8. The van der Waals surface area contributed by atoms with Crippen LogP contribution < -0.4 is 0 Å². The fourth-order valence-corrected chi connectivity index (χ4v) is 2.78. The van der Waals surface area contributed by atoms with Crippen molar-refractivity contribution in [3.63, 3.8) is 0 Å². The number of pyridine rings is 1. The summed E-state index contributed by atoms with van der Waals surface area (Å²) in [7, 11) is -4.09. The number of aliphatic carboxylic acids is 1. The molecule has 100 valence electrons. The number of aromatic nitrogens is 1. The van der Waals surface area contributed by atoms with E-state index < -0.39 is 26.8 Å². The maximum absolute atomic E-state index is 13.4. The summed E-state index contributed by atoms with van der Waals surface area (Å²) in [6.45, 7) is 1.37. The monoisotopic (exact) mass is 276 g/mol. The molecule has 0 saturated carbocycles. The number of hydrogen-bond donors (Lipinski definition) is 1. The van der Waals surface area contributed by atoms with E-state index in [1.54, 1.807) is 6.92 Å². The summed E-state index contributed by atoms with van der Waals surface area (Å²) in [6.07, 6.45) is 0.822. The molecule has 1 aromatic rings. The third-order valence-electron chi connectivity index (χ3n) is 2.24. The second-order valence-corrected chi connectivity index (χ2v) is 5.28. The van der Waals surface area contributed by atoms with Gasteiger partial charge in [0.05, 0.1) is 6.42 Å². The molecule has 1 N–H and O–H groups in total. The van der Waals surface area contributed by atoms with Crippen molar-refractivity contribution in [2.45, 2.75) is 18.4 Å². The molecular formula is C10H13FN2O4S. The van der Waals surface area contributed by atoms with Crippen molar-refractivity contribution in [1.82, 2.24) is 9.29 Å². The number of carboxylic acids is 1. The number of carbonyl (C=O) groups is 1. The number of halogens is 1. The van der Waals surface area contributed by atoms with Gasteiger partial charge in [-0.1, -0.05) is 6.92 Å². The molecule has 1 heterocycles.